The van der Waals surface area contributed by atoms with Crippen LogP contribution in [0.2, 0.25) is 5.02 Å². The Hall–Kier alpha value is -1.92. The summed E-state index contributed by atoms with van der Waals surface area (Å²) >= 11 is 6.32. The van der Waals surface area contributed by atoms with Crippen LogP contribution in [-0.4, -0.2) is 51.8 Å². The van der Waals surface area contributed by atoms with Gasteiger partial charge in [0.2, 0.25) is 5.82 Å². The van der Waals surface area contributed by atoms with E-state index in [1.54, 1.807) is 9.58 Å². The van der Waals surface area contributed by atoms with Gasteiger partial charge >= 0.3 is 0 Å². The number of rotatable bonds is 4. The minimum absolute atomic E-state index is 0.120. The van der Waals surface area contributed by atoms with E-state index < -0.39 is 0 Å². The fourth-order valence-corrected chi connectivity index (χ4v) is 3.32. The molecule has 25 heavy (non-hydrogen) atoms. The second-order valence-corrected chi connectivity index (χ2v) is 7.12. The molecule has 7 heteroatoms. The minimum Gasteiger partial charge on any atom is -0.336 e. The lowest BCUT2D eigenvalue weighted by Crippen LogP contribution is -2.44. The van der Waals surface area contributed by atoms with Gasteiger partial charge in [-0.25, -0.2) is 9.67 Å². The highest BCUT2D eigenvalue weighted by atomic mass is 35.5. The molecular formula is C18H24ClN5O. The van der Waals surface area contributed by atoms with E-state index in [1.165, 1.54) is 0 Å². The van der Waals surface area contributed by atoms with E-state index in [4.69, 9.17) is 11.6 Å². The third kappa shape index (κ3) is 3.70. The standard InChI is InChI=1S/C18H24ClN5O/c1-12(2)17-21-16(18(25)23(3)13-8-10-20-11-9-13)22-24(17)15-7-5-4-6-14(15)19/h4-7,12-13,20H,8-11H2,1-3H3. The zero-order valence-electron chi connectivity index (χ0n) is 14.9. The smallest absolute Gasteiger partial charge is 0.293 e. The maximum absolute atomic E-state index is 12.9. The highest BCUT2D eigenvalue weighted by Gasteiger charge is 2.27. The Kier molecular flexibility index (Phi) is 5.39. The molecule has 1 aliphatic rings. The maximum atomic E-state index is 12.9. The Labute approximate surface area is 153 Å². The first kappa shape index (κ1) is 17.9. The van der Waals surface area contributed by atoms with Crippen molar-refractivity contribution >= 4 is 17.5 Å². The molecule has 1 amide bonds. The van der Waals surface area contributed by atoms with Gasteiger partial charge in [0, 0.05) is 19.0 Å². The number of aromatic nitrogens is 3. The molecule has 0 unspecified atom stereocenters. The highest BCUT2D eigenvalue weighted by molar-refractivity contribution is 6.32. The number of nitrogens with zero attached hydrogens (tertiary/aromatic N) is 4. The third-order valence-corrected chi connectivity index (χ3v) is 4.92. The quantitative estimate of drug-likeness (QED) is 0.909. The summed E-state index contributed by atoms with van der Waals surface area (Å²) in [5.41, 5.74) is 0.740. The van der Waals surface area contributed by atoms with E-state index in [9.17, 15) is 4.79 Å². The lowest BCUT2D eigenvalue weighted by molar-refractivity contribution is 0.0691. The first-order valence-electron chi connectivity index (χ1n) is 8.68. The molecule has 1 fully saturated rings. The lowest BCUT2D eigenvalue weighted by Gasteiger charge is -2.30. The van der Waals surface area contributed by atoms with Crippen LogP contribution in [-0.2, 0) is 0 Å². The molecule has 1 N–H and O–H groups in total. The van der Waals surface area contributed by atoms with Crippen LogP contribution in [0.15, 0.2) is 24.3 Å². The normalized spacial score (nSPS) is 15.6. The zero-order chi connectivity index (χ0) is 18.0. The van der Waals surface area contributed by atoms with Gasteiger partial charge in [0.25, 0.3) is 5.91 Å². The number of hydrogen-bond donors (Lipinski definition) is 1. The largest absolute Gasteiger partial charge is 0.336 e. The Bertz CT molecular complexity index is 752. The first-order valence-corrected chi connectivity index (χ1v) is 9.06. The van der Waals surface area contributed by atoms with Crippen molar-refractivity contribution in [3.63, 3.8) is 0 Å². The van der Waals surface area contributed by atoms with Crippen LogP contribution >= 0.6 is 11.6 Å². The molecule has 2 heterocycles. The van der Waals surface area contributed by atoms with Crippen LogP contribution in [0.3, 0.4) is 0 Å². The molecule has 0 atom stereocenters. The second-order valence-electron chi connectivity index (χ2n) is 6.71. The van der Waals surface area contributed by atoms with Gasteiger partial charge in [-0.1, -0.05) is 37.6 Å². The molecule has 134 valence electrons. The average Bonchev–Trinajstić information content (AvgIpc) is 3.07. The van der Waals surface area contributed by atoms with Crippen LogP contribution in [0.25, 0.3) is 5.69 Å². The monoisotopic (exact) mass is 361 g/mol. The van der Waals surface area contributed by atoms with Crippen molar-refractivity contribution < 1.29 is 4.79 Å². The number of piperidine rings is 1. The summed E-state index contributed by atoms with van der Waals surface area (Å²) in [6, 6.07) is 7.69. The van der Waals surface area contributed by atoms with Gasteiger partial charge in [0.05, 0.1) is 10.7 Å². The minimum atomic E-state index is -0.139. The van der Waals surface area contributed by atoms with Crippen molar-refractivity contribution in [1.29, 1.82) is 0 Å². The zero-order valence-corrected chi connectivity index (χ0v) is 15.6. The molecule has 0 radical (unpaired) electrons. The van der Waals surface area contributed by atoms with E-state index in [0.29, 0.717) is 5.02 Å². The van der Waals surface area contributed by atoms with Gasteiger partial charge in [-0.3, -0.25) is 4.79 Å². The predicted octanol–water partition coefficient (Wildman–Crippen LogP) is 2.87. The molecule has 6 nitrogen and oxygen atoms in total. The number of amides is 1. The molecule has 1 aliphatic heterocycles. The SMILES string of the molecule is CC(C)c1nc(C(=O)N(C)C2CCNCC2)nn1-c1ccccc1Cl. The van der Waals surface area contributed by atoms with Crippen LogP contribution in [0, 0.1) is 0 Å². The predicted molar refractivity (Wildman–Crippen MR) is 98.4 cm³/mol. The van der Waals surface area contributed by atoms with Gasteiger partial charge in [-0.05, 0) is 38.1 Å². The van der Waals surface area contributed by atoms with Crippen molar-refractivity contribution in [2.75, 3.05) is 20.1 Å². The Morgan fingerprint density at radius 2 is 2.00 bits per heavy atom. The van der Waals surface area contributed by atoms with Crippen molar-refractivity contribution in [2.45, 2.75) is 38.6 Å². The fourth-order valence-electron chi connectivity index (χ4n) is 3.11. The molecule has 3 rings (SSSR count). The summed E-state index contributed by atoms with van der Waals surface area (Å²) in [5, 5.41) is 8.39. The molecule has 0 aliphatic carbocycles. The van der Waals surface area contributed by atoms with E-state index in [1.807, 2.05) is 45.2 Å². The van der Waals surface area contributed by atoms with E-state index in [-0.39, 0.29) is 23.7 Å². The maximum Gasteiger partial charge on any atom is 0.293 e. The molecule has 1 aromatic heterocycles. The third-order valence-electron chi connectivity index (χ3n) is 4.60. The fraction of sp³-hybridized carbons (Fsp3) is 0.500. The molecule has 1 aromatic carbocycles. The molecule has 2 aromatic rings. The molecule has 0 bridgehead atoms. The van der Waals surface area contributed by atoms with Crippen LogP contribution in [0.5, 0.6) is 0 Å². The Balaban J connectivity index is 1.93. The van der Waals surface area contributed by atoms with Crippen molar-refractivity contribution in [2.24, 2.45) is 0 Å². The number of para-hydroxylation sites is 1. The van der Waals surface area contributed by atoms with Crippen LogP contribution in [0.1, 0.15) is 49.1 Å². The van der Waals surface area contributed by atoms with Gasteiger partial charge in [0.15, 0.2) is 0 Å². The number of halogens is 1. The summed E-state index contributed by atoms with van der Waals surface area (Å²) in [6.07, 6.45) is 1.90. The van der Waals surface area contributed by atoms with E-state index in [0.717, 1.165) is 37.4 Å². The van der Waals surface area contributed by atoms with E-state index in [2.05, 4.69) is 15.4 Å². The molecule has 1 saturated heterocycles. The highest BCUT2D eigenvalue weighted by Crippen LogP contribution is 2.24. The molecular weight excluding hydrogens is 338 g/mol. The van der Waals surface area contributed by atoms with Crippen LogP contribution in [0.4, 0.5) is 0 Å². The Morgan fingerprint density at radius 1 is 1.32 bits per heavy atom. The molecule has 0 saturated carbocycles. The van der Waals surface area contributed by atoms with Crippen LogP contribution < -0.4 is 5.32 Å². The summed E-state index contributed by atoms with van der Waals surface area (Å²) in [4.78, 5) is 19.2. The topological polar surface area (TPSA) is 63.1 Å². The summed E-state index contributed by atoms with van der Waals surface area (Å²) in [5.74, 6) is 0.939. The van der Waals surface area contributed by atoms with Crippen molar-refractivity contribution in [3.05, 3.63) is 40.9 Å². The van der Waals surface area contributed by atoms with Gasteiger partial charge in [-0.15, -0.1) is 5.10 Å². The van der Waals surface area contributed by atoms with Gasteiger partial charge in [0.1, 0.15) is 5.82 Å². The number of benzene rings is 1. The first-order chi connectivity index (χ1) is 12.0. The number of nitrogens with one attached hydrogen (secondary N) is 1. The summed E-state index contributed by atoms with van der Waals surface area (Å²) in [6.45, 7) is 5.92. The lowest BCUT2D eigenvalue weighted by atomic mass is 10.1. The second kappa shape index (κ2) is 7.54. The Morgan fingerprint density at radius 3 is 2.64 bits per heavy atom. The summed E-state index contributed by atoms with van der Waals surface area (Å²) < 4.78 is 1.69. The average molecular weight is 362 g/mol. The van der Waals surface area contributed by atoms with Crippen molar-refractivity contribution in [1.82, 2.24) is 25.0 Å². The van der Waals surface area contributed by atoms with Gasteiger partial charge < -0.3 is 10.2 Å². The molecule has 0 spiro atoms. The van der Waals surface area contributed by atoms with E-state index >= 15 is 0 Å². The van der Waals surface area contributed by atoms with Crippen molar-refractivity contribution in [3.8, 4) is 5.69 Å². The van der Waals surface area contributed by atoms with Gasteiger partial charge in [-0.2, -0.15) is 0 Å². The number of hydrogen-bond acceptors (Lipinski definition) is 4. The summed E-state index contributed by atoms with van der Waals surface area (Å²) in [7, 11) is 1.84. The number of carbonyl (C=O) groups is 1. The number of carbonyl (C=O) groups excluding carboxylic acids is 1.